The fourth-order valence-corrected chi connectivity index (χ4v) is 2.80. The Kier molecular flexibility index (Phi) is 4.94. The molecule has 21 heavy (non-hydrogen) atoms. The average Bonchev–Trinajstić information content (AvgIpc) is 2.91. The highest BCUT2D eigenvalue weighted by molar-refractivity contribution is 7.10. The highest BCUT2D eigenvalue weighted by atomic mass is 32.1. The first-order chi connectivity index (χ1) is 10.0. The zero-order chi connectivity index (χ0) is 15.2. The van der Waals surface area contributed by atoms with Gasteiger partial charge in [-0.15, -0.1) is 11.3 Å². The van der Waals surface area contributed by atoms with Gasteiger partial charge in [-0.1, -0.05) is 18.2 Å². The van der Waals surface area contributed by atoms with E-state index in [1.807, 2.05) is 23.6 Å². The Morgan fingerprint density at radius 3 is 2.71 bits per heavy atom. The minimum absolute atomic E-state index is 0.136. The van der Waals surface area contributed by atoms with Gasteiger partial charge in [-0.05, 0) is 29.1 Å². The van der Waals surface area contributed by atoms with Crippen molar-refractivity contribution in [3.05, 3.63) is 52.2 Å². The second-order valence-electron chi connectivity index (χ2n) is 4.66. The molecule has 5 nitrogen and oxygen atoms in total. The Morgan fingerprint density at radius 1 is 1.29 bits per heavy atom. The third kappa shape index (κ3) is 4.61. The number of carboxylic acid groups (broad SMARTS) is 1. The number of thiophene rings is 1. The summed E-state index contributed by atoms with van der Waals surface area (Å²) in [6.45, 7) is 0. The fraction of sp³-hybridized carbons (Fsp3) is 0.200. The predicted molar refractivity (Wildman–Crippen MR) is 82.0 cm³/mol. The van der Waals surface area contributed by atoms with Crippen molar-refractivity contribution in [2.45, 2.75) is 18.9 Å². The van der Waals surface area contributed by atoms with E-state index in [1.165, 1.54) is 11.3 Å². The molecule has 0 aliphatic heterocycles. The van der Waals surface area contributed by atoms with Crippen LogP contribution in [0.5, 0.6) is 0 Å². The molecule has 0 aliphatic carbocycles. The Labute approximate surface area is 126 Å². The van der Waals surface area contributed by atoms with Crippen LogP contribution in [0.3, 0.4) is 0 Å². The monoisotopic (exact) mass is 304 g/mol. The van der Waals surface area contributed by atoms with E-state index < -0.39 is 12.0 Å². The Morgan fingerprint density at radius 2 is 2.10 bits per heavy atom. The van der Waals surface area contributed by atoms with Crippen molar-refractivity contribution in [2.24, 2.45) is 0 Å². The molecule has 4 N–H and O–H groups in total. The lowest BCUT2D eigenvalue weighted by molar-refractivity contribution is -0.137. The predicted octanol–water partition coefficient (Wildman–Crippen LogP) is 2.21. The lowest BCUT2D eigenvalue weighted by Gasteiger charge is -2.15. The first-order valence-corrected chi connectivity index (χ1v) is 7.31. The molecule has 1 aromatic heterocycles. The highest BCUT2D eigenvalue weighted by Gasteiger charge is 2.19. The summed E-state index contributed by atoms with van der Waals surface area (Å²) >= 11 is 1.43. The van der Waals surface area contributed by atoms with Crippen molar-refractivity contribution in [2.75, 3.05) is 5.73 Å². The number of amides is 1. The van der Waals surface area contributed by atoms with Gasteiger partial charge in [0, 0.05) is 10.6 Å². The zero-order valence-electron chi connectivity index (χ0n) is 11.3. The maximum absolute atomic E-state index is 12.1. The summed E-state index contributed by atoms with van der Waals surface area (Å²) in [5, 5.41) is 13.6. The first-order valence-electron chi connectivity index (χ1n) is 6.43. The third-order valence-corrected chi connectivity index (χ3v) is 3.90. The second kappa shape index (κ2) is 6.90. The van der Waals surface area contributed by atoms with Crippen LogP contribution in [0.1, 0.15) is 22.9 Å². The molecule has 0 saturated carbocycles. The summed E-state index contributed by atoms with van der Waals surface area (Å²) in [4.78, 5) is 23.8. The summed E-state index contributed by atoms with van der Waals surface area (Å²) in [6, 6.07) is 10.2. The summed E-state index contributed by atoms with van der Waals surface area (Å²) in [6.07, 6.45) is 0.0374. The molecule has 1 heterocycles. The largest absolute Gasteiger partial charge is 0.481 e. The van der Waals surface area contributed by atoms with Gasteiger partial charge >= 0.3 is 5.97 Å². The fourth-order valence-electron chi connectivity index (χ4n) is 2.02. The van der Waals surface area contributed by atoms with E-state index in [0.29, 0.717) is 5.69 Å². The number of carboxylic acids is 1. The second-order valence-corrected chi connectivity index (χ2v) is 5.63. The maximum atomic E-state index is 12.1. The smallest absolute Gasteiger partial charge is 0.305 e. The normalized spacial score (nSPS) is 11.8. The number of benzene rings is 1. The topological polar surface area (TPSA) is 92.4 Å². The molecule has 1 amide bonds. The van der Waals surface area contributed by atoms with Gasteiger partial charge in [-0.2, -0.15) is 0 Å². The van der Waals surface area contributed by atoms with Gasteiger partial charge in [0.2, 0.25) is 5.91 Å². The van der Waals surface area contributed by atoms with E-state index in [9.17, 15) is 9.59 Å². The summed E-state index contributed by atoms with van der Waals surface area (Å²) in [5.41, 5.74) is 7.07. The van der Waals surface area contributed by atoms with E-state index >= 15 is 0 Å². The number of anilines is 1. The molecular formula is C15H16N2O3S. The van der Waals surface area contributed by atoms with E-state index in [2.05, 4.69) is 5.32 Å². The number of carbonyl (C=O) groups excluding carboxylic acids is 1. The van der Waals surface area contributed by atoms with Crippen LogP contribution < -0.4 is 11.1 Å². The molecule has 0 bridgehead atoms. The summed E-state index contributed by atoms with van der Waals surface area (Å²) < 4.78 is 0. The van der Waals surface area contributed by atoms with Gasteiger partial charge in [0.15, 0.2) is 0 Å². The molecule has 0 fully saturated rings. The number of nitrogen functional groups attached to an aromatic ring is 1. The molecule has 1 aromatic carbocycles. The third-order valence-electron chi connectivity index (χ3n) is 2.92. The molecule has 0 spiro atoms. The lowest BCUT2D eigenvalue weighted by Crippen LogP contribution is -2.30. The lowest BCUT2D eigenvalue weighted by atomic mass is 10.1. The van der Waals surface area contributed by atoms with Crippen molar-refractivity contribution >= 4 is 28.9 Å². The van der Waals surface area contributed by atoms with E-state index in [-0.39, 0.29) is 18.7 Å². The van der Waals surface area contributed by atoms with Crippen LogP contribution in [-0.2, 0) is 16.0 Å². The van der Waals surface area contributed by atoms with Crippen LogP contribution in [-0.4, -0.2) is 17.0 Å². The van der Waals surface area contributed by atoms with Crippen LogP contribution in [0, 0.1) is 0 Å². The van der Waals surface area contributed by atoms with Gasteiger partial charge in [0.1, 0.15) is 0 Å². The Bertz CT molecular complexity index is 626. The van der Waals surface area contributed by atoms with Crippen molar-refractivity contribution in [1.29, 1.82) is 0 Å². The zero-order valence-corrected chi connectivity index (χ0v) is 12.1. The molecule has 0 radical (unpaired) electrons. The minimum atomic E-state index is -0.947. The van der Waals surface area contributed by atoms with Crippen LogP contribution >= 0.6 is 11.3 Å². The number of carbonyl (C=O) groups is 2. The van der Waals surface area contributed by atoms with Crippen molar-refractivity contribution in [3.63, 3.8) is 0 Å². The van der Waals surface area contributed by atoms with Crippen molar-refractivity contribution in [1.82, 2.24) is 5.32 Å². The van der Waals surface area contributed by atoms with E-state index in [0.717, 1.165) is 10.4 Å². The highest BCUT2D eigenvalue weighted by Crippen LogP contribution is 2.22. The number of hydrogen-bond donors (Lipinski definition) is 3. The van der Waals surface area contributed by atoms with E-state index in [1.54, 1.807) is 18.2 Å². The van der Waals surface area contributed by atoms with Crippen molar-refractivity contribution < 1.29 is 14.7 Å². The standard InChI is InChI=1S/C15H16N2O3S/c16-11-4-1-3-10(7-11)8-14(18)17-12(9-15(19)20)13-5-2-6-21-13/h1-7,12H,8-9,16H2,(H,17,18)(H,19,20). The van der Waals surface area contributed by atoms with Gasteiger partial charge in [-0.25, -0.2) is 0 Å². The SMILES string of the molecule is Nc1cccc(CC(=O)NC(CC(=O)O)c2cccs2)c1. The molecule has 1 atom stereocenters. The van der Waals surface area contributed by atoms with Crippen molar-refractivity contribution in [3.8, 4) is 0 Å². The molecule has 1 unspecified atom stereocenters. The van der Waals surface area contributed by atoms with Crippen LogP contribution in [0.15, 0.2) is 41.8 Å². The van der Waals surface area contributed by atoms with Gasteiger partial charge < -0.3 is 16.2 Å². The maximum Gasteiger partial charge on any atom is 0.305 e. The molecular weight excluding hydrogens is 288 g/mol. The van der Waals surface area contributed by atoms with E-state index in [4.69, 9.17) is 10.8 Å². The van der Waals surface area contributed by atoms with Crippen LogP contribution in [0.2, 0.25) is 0 Å². The molecule has 2 rings (SSSR count). The minimum Gasteiger partial charge on any atom is -0.481 e. The molecule has 6 heteroatoms. The Hall–Kier alpha value is -2.34. The number of aliphatic carboxylic acids is 1. The molecule has 0 saturated heterocycles. The van der Waals surface area contributed by atoms with Crippen LogP contribution in [0.4, 0.5) is 5.69 Å². The first kappa shape index (κ1) is 15.1. The number of nitrogens with one attached hydrogen (secondary N) is 1. The summed E-state index contributed by atoms with van der Waals surface area (Å²) in [5.74, 6) is -1.17. The molecule has 110 valence electrons. The van der Waals surface area contributed by atoms with Gasteiger partial charge in [0.25, 0.3) is 0 Å². The average molecular weight is 304 g/mol. The Balaban J connectivity index is 2.02. The molecule has 2 aromatic rings. The quantitative estimate of drug-likeness (QED) is 0.713. The number of rotatable bonds is 6. The molecule has 0 aliphatic rings. The van der Waals surface area contributed by atoms with Gasteiger partial charge in [0.05, 0.1) is 18.9 Å². The number of hydrogen-bond acceptors (Lipinski definition) is 4. The summed E-state index contributed by atoms with van der Waals surface area (Å²) in [7, 11) is 0. The van der Waals surface area contributed by atoms with Gasteiger partial charge in [-0.3, -0.25) is 9.59 Å². The van der Waals surface area contributed by atoms with Crippen LogP contribution in [0.25, 0.3) is 0 Å². The number of nitrogens with two attached hydrogens (primary N) is 1.